The third-order valence-electron chi connectivity index (χ3n) is 1.70. The number of nitrogens with two attached hydrogens (primary N) is 1. The van der Waals surface area contributed by atoms with Crippen molar-refractivity contribution in [2.45, 2.75) is 4.90 Å². The smallest absolute Gasteiger partial charge is 0.328 e. The van der Waals surface area contributed by atoms with Gasteiger partial charge in [-0.1, -0.05) is 0 Å². The van der Waals surface area contributed by atoms with Crippen LogP contribution in [0.4, 0.5) is 10.5 Å². The minimum Gasteiger partial charge on any atom is -0.399 e. The Labute approximate surface area is 101 Å². The van der Waals surface area contributed by atoms with Crippen molar-refractivity contribution in [1.29, 1.82) is 0 Å². The van der Waals surface area contributed by atoms with Crippen LogP contribution < -0.4 is 15.8 Å². The molecule has 0 bridgehead atoms. The molecular formula is C8H10BrN3O3S. The minimum atomic E-state index is -3.91. The number of urea groups is 1. The summed E-state index contributed by atoms with van der Waals surface area (Å²) in [7, 11) is -2.60. The maximum absolute atomic E-state index is 11.7. The maximum atomic E-state index is 11.7. The van der Waals surface area contributed by atoms with Gasteiger partial charge in [-0.2, -0.15) is 0 Å². The van der Waals surface area contributed by atoms with Crippen LogP contribution in [0.5, 0.6) is 0 Å². The van der Waals surface area contributed by atoms with Crippen LogP contribution in [0, 0.1) is 0 Å². The number of rotatable bonds is 2. The summed E-state index contributed by atoms with van der Waals surface area (Å²) in [5.41, 5.74) is 5.77. The summed E-state index contributed by atoms with van der Waals surface area (Å²) in [5.74, 6) is 0. The van der Waals surface area contributed by atoms with Crippen LogP contribution in [0.25, 0.3) is 0 Å². The van der Waals surface area contributed by atoms with E-state index in [1.807, 2.05) is 4.72 Å². The molecule has 0 radical (unpaired) electrons. The molecule has 0 fully saturated rings. The number of carbonyl (C=O) groups is 1. The zero-order chi connectivity index (χ0) is 12.3. The number of nitrogens with one attached hydrogen (secondary N) is 2. The van der Waals surface area contributed by atoms with Gasteiger partial charge in [0.1, 0.15) is 4.90 Å². The molecule has 0 saturated carbocycles. The second-order valence-corrected chi connectivity index (χ2v) is 5.38. The van der Waals surface area contributed by atoms with Crippen LogP contribution in [0.2, 0.25) is 0 Å². The number of nitrogen functional groups attached to an aromatic ring is 1. The van der Waals surface area contributed by atoms with Gasteiger partial charge in [0.2, 0.25) is 0 Å². The van der Waals surface area contributed by atoms with Crippen molar-refractivity contribution in [1.82, 2.24) is 10.0 Å². The number of hydrogen-bond acceptors (Lipinski definition) is 4. The molecule has 88 valence electrons. The number of amides is 2. The monoisotopic (exact) mass is 307 g/mol. The second-order valence-electron chi connectivity index (χ2n) is 2.87. The topological polar surface area (TPSA) is 101 Å². The third kappa shape index (κ3) is 2.86. The Hall–Kier alpha value is -1.28. The van der Waals surface area contributed by atoms with Crippen LogP contribution in [0.3, 0.4) is 0 Å². The molecule has 0 saturated heterocycles. The van der Waals surface area contributed by atoms with Crippen molar-refractivity contribution >= 4 is 37.7 Å². The van der Waals surface area contributed by atoms with E-state index in [4.69, 9.17) is 5.73 Å². The normalized spacial score (nSPS) is 10.9. The summed E-state index contributed by atoms with van der Waals surface area (Å²) in [6, 6.07) is 3.49. The standard InChI is InChI=1S/C8H10BrN3O3S/c1-11-8(13)12-16(14,15)7-4-5(10)2-3-6(7)9/h2-4H,10H2,1H3,(H2,11,12,13). The Morgan fingerprint density at radius 2 is 2.06 bits per heavy atom. The summed E-state index contributed by atoms with van der Waals surface area (Å²) in [6.45, 7) is 0. The molecule has 0 aliphatic heterocycles. The zero-order valence-corrected chi connectivity index (χ0v) is 10.7. The first-order valence-electron chi connectivity index (χ1n) is 4.16. The summed E-state index contributed by atoms with van der Waals surface area (Å²) < 4.78 is 25.6. The minimum absolute atomic E-state index is 0.0869. The van der Waals surface area contributed by atoms with Crippen LogP contribution >= 0.6 is 15.9 Å². The number of sulfonamides is 1. The van der Waals surface area contributed by atoms with Crippen LogP contribution in [-0.2, 0) is 10.0 Å². The molecule has 0 aliphatic carbocycles. The molecule has 0 spiro atoms. The van der Waals surface area contributed by atoms with Crippen molar-refractivity contribution in [3.63, 3.8) is 0 Å². The van der Waals surface area contributed by atoms with Crippen molar-refractivity contribution in [2.24, 2.45) is 0 Å². The fraction of sp³-hybridized carbons (Fsp3) is 0.125. The van der Waals surface area contributed by atoms with E-state index in [2.05, 4.69) is 21.2 Å². The first kappa shape index (κ1) is 12.8. The van der Waals surface area contributed by atoms with Gasteiger partial charge in [-0.05, 0) is 34.1 Å². The lowest BCUT2D eigenvalue weighted by Crippen LogP contribution is -2.37. The van der Waals surface area contributed by atoms with E-state index in [-0.39, 0.29) is 4.90 Å². The molecule has 2 amide bonds. The maximum Gasteiger partial charge on any atom is 0.328 e. The van der Waals surface area contributed by atoms with E-state index in [1.54, 1.807) is 6.07 Å². The van der Waals surface area contributed by atoms with Gasteiger partial charge >= 0.3 is 6.03 Å². The number of benzene rings is 1. The van der Waals surface area contributed by atoms with Crippen molar-refractivity contribution in [2.75, 3.05) is 12.8 Å². The van der Waals surface area contributed by atoms with Crippen molar-refractivity contribution in [3.8, 4) is 0 Å². The number of halogens is 1. The average molecular weight is 308 g/mol. The summed E-state index contributed by atoms with van der Waals surface area (Å²) in [4.78, 5) is 10.9. The molecule has 8 heteroatoms. The summed E-state index contributed by atoms with van der Waals surface area (Å²) in [5, 5.41) is 2.15. The van der Waals surface area contributed by atoms with Gasteiger partial charge in [-0.25, -0.2) is 17.9 Å². The molecular weight excluding hydrogens is 298 g/mol. The van der Waals surface area contributed by atoms with Crippen LogP contribution in [-0.4, -0.2) is 21.5 Å². The van der Waals surface area contributed by atoms with Crippen molar-refractivity contribution < 1.29 is 13.2 Å². The van der Waals surface area contributed by atoms with Crippen LogP contribution in [0.1, 0.15) is 0 Å². The molecule has 0 atom stereocenters. The van der Waals surface area contributed by atoms with Crippen LogP contribution in [0.15, 0.2) is 27.6 Å². The fourth-order valence-corrected chi connectivity index (χ4v) is 2.91. The van der Waals surface area contributed by atoms with E-state index in [9.17, 15) is 13.2 Å². The first-order chi connectivity index (χ1) is 7.36. The number of hydrogen-bond donors (Lipinski definition) is 3. The van der Waals surface area contributed by atoms with E-state index in [0.29, 0.717) is 10.2 Å². The van der Waals surface area contributed by atoms with Crippen molar-refractivity contribution in [3.05, 3.63) is 22.7 Å². The molecule has 1 aromatic rings. The lowest BCUT2D eigenvalue weighted by atomic mass is 10.3. The lowest BCUT2D eigenvalue weighted by molar-refractivity contribution is 0.248. The average Bonchev–Trinajstić information content (AvgIpc) is 2.20. The molecule has 0 unspecified atom stereocenters. The zero-order valence-electron chi connectivity index (χ0n) is 8.32. The second kappa shape index (κ2) is 4.71. The highest BCUT2D eigenvalue weighted by molar-refractivity contribution is 9.10. The third-order valence-corrected chi connectivity index (χ3v) is 4.02. The predicted octanol–water partition coefficient (Wildman–Crippen LogP) is 0.649. The first-order valence-corrected chi connectivity index (χ1v) is 6.44. The van der Waals surface area contributed by atoms with Gasteiger partial charge in [-0.15, -0.1) is 0 Å². The Bertz CT molecular complexity index is 515. The Morgan fingerprint density at radius 1 is 1.44 bits per heavy atom. The summed E-state index contributed by atoms with van der Waals surface area (Å²) >= 11 is 3.07. The molecule has 0 aromatic heterocycles. The van der Waals surface area contributed by atoms with E-state index >= 15 is 0 Å². The Morgan fingerprint density at radius 3 is 2.62 bits per heavy atom. The molecule has 1 rings (SSSR count). The Balaban J connectivity index is 3.17. The quantitative estimate of drug-likeness (QED) is 0.698. The predicted molar refractivity (Wildman–Crippen MR) is 63.3 cm³/mol. The molecule has 6 nitrogen and oxygen atoms in total. The Kier molecular flexibility index (Phi) is 3.76. The SMILES string of the molecule is CNC(=O)NS(=O)(=O)c1cc(N)ccc1Br. The van der Waals surface area contributed by atoms with Gasteiger partial charge in [0.25, 0.3) is 10.0 Å². The van der Waals surface area contributed by atoms with Gasteiger partial charge in [0.15, 0.2) is 0 Å². The van der Waals surface area contributed by atoms with E-state index in [1.165, 1.54) is 19.2 Å². The van der Waals surface area contributed by atoms with Gasteiger partial charge in [0.05, 0.1) is 0 Å². The highest BCUT2D eigenvalue weighted by Crippen LogP contribution is 2.23. The highest BCUT2D eigenvalue weighted by Gasteiger charge is 2.19. The summed E-state index contributed by atoms with van der Waals surface area (Å²) in [6.07, 6.45) is 0. The molecule has 0 aliphatic rings. The fourth-order valence-electron chi connectivity index (χ4n) is 0.954. The van der Waals surface area contributed by atoms with Gasteiger partial charge < -0.3 is 11.1 Å². The van der Waals surface area contributed by atoms with Gasteiger partial charge in [0, 0.05) is 17.2 Å². The molecule has 0 heterocycles. The molecule has 1 aromatic carbocycles. The largest absolute Gasteiger partial charge is 0.399 e. The van der Waals surface area contributed by atoms with E-state index < -0.39 is 16.1 Å². The highest BCUT2D eigenvalue weighted by atomic mass is 79.9. The van der Waals surface area contributed by atoms with E-state index in [0.717, 1.165) is 0 Å². The van der Waals surface area contributed by atoms with Gasteiger partial charge in [-0.3, -0.25) is 0 Å². The molecule has 4 N–H and O–H groups in total. The molecule has 16 heavy (non-hydrogen) atoms. The lowest BCUT2D eigenvalue weighted by Gasteiger charge is -2.08. The number of carbonyl (C=O) groups excluding carboxylic acids is 1. The number of anilines is 1.